The second-order valence-electron chi connectivity index (χ2n) is 9.30. The van der Waals surface area contributed by atoms with Crippen LogP contribution in [0.5, 0.6) is 0 Å². The summed E-state index contributed by atoms with van der Waals surface area (Å²) in [6.07, 6.45) is 0. The zero-order valence-corrected chi connectivity index (χ0v) is 23.0. The van der Waals surface area contributed by atoms with Gasteiger partial charge >= 0.3 is 0 Å². The van der Waals surface area contributed by atoms with Crippen molar-refractivity contribution in [1.82, 2.24) is 9.97 Å². The lowest BCUT2D eigenvalue weighted by molar-refractivity contribution is -0.384. The number of nitrogens with zero attached hydrogens (tertiary/aromatic N) is 2. The molecule has 0 spiro atoms. The van der Waals surface area contributed by atoms with Gasteiger partial charge in [0.25, 0.3) is 11.4 Å². The van der Waals surface area contributed by atoms with Gasteiger partial charge in [-0.2, -0.15) is 0 Å². The van der Waals surface area contributed by atoms with E-state index in [2.05, 4.69) is 15.3 Å². The predicted molar refractivity (Wildman–Crippen MR) is 167 cm³/mol. The normalized spacial score (nSPS) is 10.4. The van der Waals surface area contributed by atoms with E-state index in [1.807, 2.05) is 60.7 Å². The summed E-state index contributed by atoms with van der Waals surface area (Å²) >= 11 is 0. The largest absolute Gasteiger partial charge is 0.399 e. The number of aromatic nitrogens is 2. The molecular formula is C30H25ClN6O5. The van der Waals surface area contributed by atoms with Gasteiger partial charge in [0.05, 0.1) is 20.9 Å². The number of nitrogen functional groups attached to an aromatic ring is 1. The van der Waals surface area contributed by atoms with Crippen LogP contribution >= 0.6 is 12.4 Å². The van der Waals surface area contributed by atoms with Crippen LogP contribution in [-0.2, 0) is 4.79 Å². The van der Waals surface area contributed by atoms with E-state index in [-0.39, 0.29) is 29.7 Å². The minimum atomic E-state index is -0.415. The lowest BCUT2D eigenvalue weighted by atomic mass is 10.1. The van der Waals surface area contributed by atoms with Gasteiger partial charge in [0, 0.05) is 64.7 Å². The van der Waals surface area contributed by atoms with Gasteiger partial charge in [-0.05, 0) is 59.7 Å². The number of anilines is 2. The topological polar surface area (TPSA) is 173 Å². The maximum atomic E-state index is 11.0. The van der Waals surface area contributed by atoms with Crippen LogP contribution in [0.2, 0.25) is 0 Å². The molecule has 0 bridgehead atoms. The van der Waals surface area contributed by atoms with E-state index in [1.165, 1.54) is 31.2 Å². The van der Waals surface area contributed by atoms with Gasteiger partial charge in [0.1, 0.15) is 0 Å². The molecule has 2 heterocycles. The molecule has 0 atom stereocenters. The number of carbonyl (C=O) groups is 1. The standard InChI is InChI=1S/C16H13N3O3.C14H11N3O2.ClH/c1-10(20)17-13-5-2-11(3-6-13)15-8-12-4-7-14(19(21)22)9-16(12)18-15;15-11-4-1-9(2-5-11)13-7-10-3-6-12(17(18)19)8-14(10)16-13;/h2-9,18H,1H3,(H,17,20);1-8,16H,15H2;1H. The third-order valence-corrected chi connectivity index (χ3v) is 6.37. The van der Waals surface area contributed by atoms with E-state index in [4.69, 9.17) is 5.73 Å². The number of H-pyrrole nitrogens is 2. The summed E-state index contributed by atoms with van der Waals surface area (Å²) < 4.78 is 0. The fourth-order valence-corrected chi connectivity index (χ4v) is 4.37. The number of hydrogen-bond acceptors (Lipinski definition) is 6. The molecule has 0 aliphatic rings. The fraction of sp³-hybridized carbons (Fsp3) is 0.0333. The second-order valence-corrected chi connectivity index (χ2v) is 9.30. The SMILES string of the molecule is CC(=O)Nc1ccc(-c2cc3ccc([N+](=O)[O-])cc3[nH]2)cc1.Cl.Nc1ccc(-c2cc3ccc([N+](=O)[O-])cc3[nH]2)cc1. The van der Waals surface area contributed by atoms with Crippen molar-refractivity contribution in [3.8, 4) is 22.5 Å². The first kappa shape index (κ1) is 29.3. The van der Waals surface area contributed by atoms with Crippen molar-refractivity contribution in [2.45, 2.75) is 6.92 Å². The van der Waals surface area contributed by atoms with E-state index in [0.717, 1.165) is 50.0 Å². The molecule has 6 aromatic rings. The molecule has 0 saturated heterocycles. The highest BCUT2D eigenvalue weighted by molar-refractivity contribution is 5.90. The van der Waals surface area contributed by atoms with Gasteiger partial charge in [0.15, 0.2) is 0 Å². The quantitative estimate of drug-likeness (QED) is 0.0929. The molecule has 0 saturated carbocycles. The number of non-ortho nitro benzene ring substituents is 2. The number of halogens is 1. The van der Waals surface area contributed by atoms with Crippen molar-refractivity contribution in [2.24, 2.45) is 0 Å². The summed E-state index contributed by atoms with van der Waals surface area (Å²) in [5.74, 6) is -0.120. The summed E-state index contributed by atoms with van der Waals surface area (Å²) in [5, 5.41) is 26.1. The van der Waals surface area contributed by atoms with Crippen LogP contribution in [0, 0.1) is 20.2 Å². The van der Waals surface area contributed by atoms with Gasteiger partial charge < -0.3 is 21.0 Å². The Morgan fingerprint density at radius 2 is 1.12 bits per heavy atom. The summed E-state index contributed by atoms with van der Waals surface area (Å²) in [6.45, 7) is 1.46. The molecule has 42 heavy (non-hydrogen) atoms. The molecule has 0 aliphatic carbocycles. The minimum Gasteiger partial charge on any atom is -0.399 e. The lowest BCUT2D eigenvalue weighted by Gasteiger charge is -2.03. The van der Waals surface area contributed by atoms with Crippen LogP contribution in [0.25, 0.3) is 44.3 Å². The maximum absolute atomic E-state index is 11.0. The number of rotatable bonds is 5. The van der Waals surface area contributed by atoms with Crippen LogP contribution in [0.1, 0.15) is 6.92 Å². The van der Waals surface area contributed by atoms with E-state index in [1.54, 1.807) is 12.1 Å². The Morgan fingerprint density at radius 1 is 0.690 bits per heavy atom. The number of carbonyl (C=O) groups excluding carboxylic acids is 1. The fourth-order valence-electron chi connectivity index (χ4n) is 4.37. The third-order valence-electron chi connectivity index (χ3n) is 6.37. The van der Waals surface area contributed by atoms with Crippen LogP contribution in [0.4, 0.5) is 22.7 Å². The zero-order valence-electron chi connectivity index (χ0n) is 22.2. The summed E-state index contributed by atoms with van der Waals surface area (Å²) in [6, 6.07) is 28.3. The van der Waals surface area contributed by atoms with Gasteiger partial charge in [0.2, 0.25) is 5.91 Å². The lowest BCUT2D eigenvalue weighted by Crippen LogP contribution is -2.05. The van der Waals surface area contributed by atoms with Crippen molar-refractivity contribution in [1.29, 1.82) is 0 Å². The first-order valence-corrected chi connectivity index (χ1v) is 12.4. The molecule has 4 aromatic carbocycles. The molecule has 11 nitrogen and oxygen atoms in total. The van der Waals surface area contributed by atoms with E-state index < -0.39 is 9.85 Å². The Morgan fingerprint density at radius 3 is 1.52 bits per heavy atom. The highest BCUT2D eigenvalue weighted by atomic mass is 35.5. The zero-order chi connectivity index (χ0) is 29.1. The summed E-state index contributed by atoms with van der Waals surface area (Å²) in [4.78, 5) is 38.1. The Kier molecular flexibility index (Phi) is 8.53. The van der Waals surface area contributed by atoms with E-state index in [0.29, 0.717) is 5.69 Å². The number of nitro benzene ring substituents is 2. The molecular weight excluding hydrogens is 560 g/mol. The molecule has 0 unspecified atom stereocenters. The Hall–Kier alpha value is -5.68. The monoisotopic (exact) mass is 584 g/mol. The number of hydrogen-bond donors (Lipinski definition) is 4. The van der Waals surface area contributed by atoms with Gasteiger partial charge in [-0.25, -0.2) is 0 Å². The number of nitrogens with two attached hydrogens (primary N) is 1. The van der Waals surface area contributed by atoms with E-state index in [9.17, 15) is 25.0 Å². The van der Waals surface area contributed by atoms with Crippen molar-refractivity contribution < 1.29 is 14.6 Å². The number of nitro groups is 2. The molecule has 1 amide bonds. The average molecular weight is 585 g/mol. The van der Waals surface area contributed by atoms with Crippen molar-refractivity contribution >= 4 is 62.9 Å². The van der Waals surface area contributed by atoms with Crippen molar-refractivity contribution in [3.05, 3.63) is 117 Å². The number of benzene rings is 4. The van der Waals surface area contributed by atoms with Gasteiger partial charge in [-0.15, -0.1) is 12.4 Å². The van der Waals surface area contributed by atoms with Gasteiger partial charge in [-0.3, -0.25) is 25.0 Å². The minimum absolute atomic E-state index is 0. The van der Waals surface area contributed by atoms with Crippen LogP contribution in [-0.4, -0.2) is 25.7 Å². The highest BCUT2D eigenvalue weighted by Crippen LogP contribution is 2.29. The van der Waals surface area contributed by atoms with Crippen molar-refractivity contribution in [2.75, 3.05) is 11.1 Å². The van der Waals surface area contributed by atoms with Gasteiger partial charge in [-0.1, -0.05) is 24.3 Å². The molecule has 6 rings (SSSR count). The Bertz CT molecular complexity index is 1910. The molecule has 0 aliphatic heterocycles. The highest BCUT2D eigenvalue weighted by Gasteiger charge is 2.10. The number of nitrogens with one attached hydrogen (secondary N) is 3. The molecule has 212 valence electrons. The molecule has 2 aromatic heterocycles. The van der Waals surface area contributed by atoms with E-state index >= 15 is 0 Å². The molecule has 0 fully saturated rings. The summed E-state index contributed by atoms with van der Waals surface area (Å²) in [7, 11) is 0. The number of amides is 1. The first-order chi connectivity index (χ1) is 19.7. The van der Waals surface area contributed by atoms with Crippen LogP contribution in [0.3, 0.4) is 0 Å². The maximum Gasteiger partial charge on any atom is 0.271 e. The average Bonchev–Trinajstić information content (AvgIpc) is 3.57. The van der Waals surface area contributed by atoms with Crippen LogP contribution < -0.4 is 11.1 Å². The predicted octanol–water partition coefficient (Wildman–Crippen LogP) is 7.45. The van der Waals surface area contributed by atoms with Crippen molar-refractivity contribution in [3.63, 3.8) is 0 Å². The number of aromatic amines is 2. The first-order valence-electron chi connectivity index (χ1n) is 12.4. The number of fused-ring (bicyclic) bond motifs is 2. The molecule has 12 heteroatoms. The summed E-state index contributed by atoms with van der Waals surface area (Å²) in [5.41, 5.74) is 12.4. The van der Waals surface area contributed by atoms with Crippen LogP contribution in [0.15, 0.2) is 97.1 Å². The smallest absolute Gasteiger partial charge is 0.271 e. The Labute approximate surface area is 245 Å². The second kappa shape index (κ2) is 12.2. The Balaban J connectivity index is 0.000000190. The molecule has 0 radical (unpaired) electrons. The molecule has 5 N–H and O–H groups in total. The third kappa shape index (κ3) is 6.54.